The normalized spacial score (nSPS) is 12.6. The van der Waals surface area contributed by atoms with Crippen LogP contribution >= 0.6 is 0 Å². The molecule has 0 aromatic rings. The Bertz CT molecular complexity index is 160. The molecule has 5 nitrogen and oxygen atoms in total. The number of rotatable bonds is 7. The Morgan fingerprint density at radius 3 is 2.43 bits per heavy atom. The summed E-state index contributed by atoms with van der Waals surface area (Å²) in [6.45, 7) is 5.39. The summed E-state index contributed by atoms with van der Waals surface area (Å²) in [4.78, 5) is 13.1. The number of nitrogens with one attached hydrogen (secondary N) is 1. The molecule has 0 heterocycles. The van der Waals surface area contributed by atoms with E-state index in [0.29, 0.717) is 13.1 Å². The fourth-order valence-corrected chi connectivity index (χ4v) is 1.10. The van der Waals surface area contributed by atoms with Gasteiger partial charge in [-0.1, -0.05) is 0 Å². The summed E-state index contributed by atoms with van der Waals surface area (Å²) in [6.07, 6.45) is -0.792. The van der Waals surface area contributed by atoms with Crippen molar-refractivity contribution in [2.45, 2.75) is 20.0 Å². The molecule has 5 heteroatoms. The molecule has 1 unspecified atom stereocenters. The Labute approximate surface area is 84.7 Å². The van der Waals surface area contributed by atoms with Crippen LogP contribution < -0.4 is 5.32 Å². The van der Waals surface area contributed by atoms with Gasteiger partial charge in [-0.2, -0.15) is 0 Å². The molecule has 0 saturated heterocycles. The molecule has 14 heavy (non-hydrogen) atoms. The first kappa shape index (κ1) is 13.4. The van der Waals surface area contributed by atoms with Crippen molar-refractivity contribution in [3.63, 3.8) is 0 Å². The van der Waals surface area contributed by atoms with E-state index in [9.17, 15) is 4.79 Å². The molecular weight excluding hydrogens is 184 g/mol. The standard InChI is InChI=1S/C9H20N2O3/c1-3-11(4-2)9(14)6-10-5-8(13)7-12/h8,10,12-13H,3-7H2,1-2H3. The molecule has 0 aliphatic heterocycles. The van der Waals surface area contributed by atoms with Crippen LogP contribution in [-0.2, 0) is 4.79 Å². The van der Waals surface area contributed by atoms with Gasteiger partial charge < -0.3 is 20.4 Å². The van der Waals surface area contributed by atoms with Crippen LogP contribution in [0, 0.1) is 0 Å². The Morgan fingerprint density at radius 1 is 1.43 bits per heavy atom. The monoisotopic (exact) mass is 204 g/mol. The van der Waals surface area contributed by atoms with Gasteiger partial charge in [-0.05, 0) is 13.8 Å². The summed E-state index contributed by atoms with van der Waals surface area (Å²) in [5.41, 5.74) is 0. The topological polar surface area (TPSA) is 72.8 Å². The molecule has 0 radical (unpaired) electrons. The van der Waals surface area contributed by atoms with Crippen molar-refractivity contribution >= 4 is 5.91 Å². The van der Waals surface area contributed by atoms with E-state index in [-0.39, 0.29) is 25.6 Å². The number of aliphatic hydroxyl groups is 2. The minimum absolute atomic E-state index is 0.0140. The Kier molecular flexibility index (Phi) is 7.37. The van der Waals surface area contributed by atoms with Gasteiger partial charge in [0.25, 0.3) is 0 Å². The fraction of sp³-hybridized carbons (Fsp3) is 0.889. The van der Waals surface area contributed by atoms with Crippen LogP contribution in [-0.4, -0.2) is 59.9 Å². The number of nitrogens with zero attached hydrogens (tertiary/aromatic N) is 1. The first-order valence-corrected chi connectivity index (χ1v) is 4.93. The molecule has 0 aromatic carbocycles. The summed E-state index contributed by atoms with van der Waals surface area (Å²) in [5, 5.41) is 20.3. The van der Waals surface area contributed by atoms with Gasteiger partial charge >= 0.3 is 0 Å². The number of likely N-dealkylation sites (N-methyl/N-ethyl adjacent to an activating group) is 1. The van der Waals surface area contributed by atoms with Crippen LogP contribution in [0.4, 0.5) is 0 Å². The van der Waals surface area contributed by atoms with E-state index in [2.05, 4.69) is 5.32 Å². The molecule has 3 N–H and O–H groups in total. The van der Waals surface area contributed by atoms with E-state index in [1.54, 1.807) is 4.90 Å². The predicted octanol–water partition coefficient (Wildman–Crippen LogP) is -1.20. The molecule has 1 amide bonds. The number of amides is 1. The maximum Gasteiger partial charge on any atom is 0.236 e. The van der Waals surface area contributed by atoms with Crippen molar-refractivity contribution < 1.29 is 15.0 Å². The molecular formula is C9H20N2O3. The van der Waals surface area contributed by atoms with Gasteiger partial charge in [0, 0.05) is 19.6 Å². The van der Waals surface area contributed by atoms with E-state index in [1.807, 2.05) is 13.8 Å². The Morgan fingerprint density at radius 2 is 2.00 bits per heavy atom. The Balaban J connectivity index is 3.62. The molecule has 0 aromatic heterocycles. The SMILES string of the molecule is CCN(CC)C(=O)CNCC(O)CO. The number of aliphatic hydroxyl groups excluding tert-OH is 2. The number of carbonyl (C=O) groups is 1. The van der Waals surface area contributed by atoms with Crippen LogP contribution in [0.15, 0.2) is 0 Å². The summed E-state index contributed by atoms with van der Waals surface area (Å²) >= 11 is 0. The lowest BCUT2D eigenvalue weighted by Gasteiger charge is -2.19. The van der Waals surface area contributed by atoms with Gasteiger partial charge in [0.05, 0.1) is 19.3 Å². The highest BCUT2D eigenvalue weighted by Crippen LogP contribution is 1.87. The van der Waals surface area contributed by atoms with E-state index in [4.69, 9.17) is 10.2 Å². The molecule has 0 saturated carbocycles. The van der Waals surface area contributed by atoms with Crippen molar-refractivity contribution in [3.8, 4) is 0 Å². The van der Waals surface area contributed by atoms with Crippen molar-refractivity contribution in [3.05, 3.63) is 0 Å². The zero-order chi connectivity index (χ0) is 11.0. The van der Waals surface area contributed by atoms with Crippen molar-refractivity contribution in [1.29, 1.82) is 0 Å². The van der Waals surface area contributed by atoms with Gasteiger partial charge in [-0.15, -0.1) is 0 Å². The highest BCUT2D eigenvalue weighted by molar-refractivity contribution is 5.78. The molecule has 0 aliphatic carbocycles. The first-order chi connectivity index (χ1) is 6.65. The second-order valence-electron chi connectivity index (χ2n) is 3.03. The van der Waals surface area contributed by atoms with Gasteiger partial charge in [0.2, 0.25) is 5.91 Å². The second-order valence-corrected chi connectivity index (χ2v) is 3.03. The summed E-state index contributed by atoms with van der Waals surface area (Å²) in [6, 6.07) is 0. The number of carbonyl (C=O) groups excluding carboxylic acids is 1. The smallest absolute Gasteiger partial charge is 0.236 e. The van der Waals surface area contributed by atoms with Crippen LogP contribution in [0.3, 0.4) is 0 Å². The quantitative estimate of drug-likeness (QED) is 0.487. The third kappa shape index (κ3) is 5.16. The van der Waals surface area contributed by atoms with Gasteiger partial charge in [0.15, 0.2) is 0 Å². The fourth-order valence-electron chi connectivity index (χ4n) is 1.10. The van der Waals surface area contributed by atoms with Crippen molar-refractivity contribution in [1.82, 2.24) is 10.2 Å². The zero-order valence-electron chi connectivity index (χ0n) is 8.86. The van der Waals surface area contributed by atoms with Gasteiger partial charge in [-0.25, -0.2) is 0 Å². The van der Waals surface area contributed by atoms with Crippen LogP contribution in [0.2, 0.25) is 0 Å². The average Bonchev–Trinajstić information content (AvgIpc) is 2.19. The molecule has 84 valence electrons. The van der Waals surface area contributed by atoms with E-state index in [0.717, 1.165) is 0 Å². The lowest BCUT2D eigenvalue weighted by atomic mass is 10.3. The largest absolute Gasteiger partial charge is 0.394 e. The van der Waals surface area contributed by atoms with Crippen LogP contribution in [0.5, 0.6) is 0 Å². The van der Waals surface area contributed by atoms with E-state index < -0.39 is 6.10 Å². The lowest BCUT2D eigenvalue weighted by molar-refractivity contribution is -0.129. The molecule has 0 rings (SSSR count). The zero-order valence-corrected chi connectivity index (χ0v) is 8.86. The molecule has 0 fully saturated rings. The van der Waals surface area contributed by atoms with Crippen LogP contribution in [0.1, 0.15) is 13.8 Å². The maximum absolute atomic E-state index is 11.4. The minimum Gasteiger partial charge on any atom is -0.394 e. The molecule has 0 bridgehead atoms. The Hall–Kier alpha value is -0.650. The average molecular weight is 204 g/mol. The summed E-state index contributed by atoms with van der Waals surface area (Å²) < 4.78 is 0. The number of hydrogen-bond acceptors (Lipinski definition) is 4. The first-order valence-electron chi connectivity index (χ1n) is 4.93. The second kappa shape index (κ2) is 7.73. The highest BCUT2D eigenvalue weighted by Gasteiger charge is 2.09. The number of hydrogen-bond donors (Lipinski definition) is 3. The van der Waals surface area contributed by atoms with Crippen molar-refractivity contribution in [2.75, 3.05) is 32.8 Å². The van der Waals surface area contributed by atoms with Gasteiger partial charge in [0.1, 0.15) is 0 Å². The highest BCUT2D eigenvalue weighted by atomic mass is 16.3. The predicted molar refractivity (Wildman–Crippen MR) is 53.9 cm³/mol. The summed E-state index contributed by atoms with van der Waals surface area (Å²) in [7, 11) is 0. The molecule has 0 aliphatic rings. The maximum atomic E-state index is 11.4. The third-order valence-electron chi connectivity index (χ3n) is 1.98. The van der Waals surface area contributed by atoms with Crippen LogP contribution in [0.25, 0.3) is 0 Å². The van der Waals surface area contributed by atoms with Gasteiger partial charge in [-0.3, -0.25) is 4.79 Å². The van der Waals surface area contributed by atoms with Crippen molar-refractivity contribution in [2.24, 2.45) is 0 Å². The third-order valence-corrected chi connectivity index (χ3v) is 1.98. The molecule has 1 atom stereocenters. The molecule has 0 spiro atoms. The lowest BCUT2D eigenvalue weighted by Crippen LogP contribution is -2.40. The minimum atomic E-state index is -0.792. The van der Waals surface area contributed by atoms with E-state index in [1.165, 1.54) is 0 Å². The summed E-state index contributed by atoms with van der Waals surface area (Å²) in [5.74, 6) is 0.0140. The van der Waals surface area contributed by atoms with E-state index >= 15 is 0 Å².